The number of nitrogens with one attached hydrogen (secondary N) is 1. The summed E-state index contributed by atoms with van der Waals surface area (Å²) in [5.74, 6) is -0.627. The molecule has 1 N–H and O–H groups in total. The molecule has 0 aliphatic carbocycles. The van der Waals surface area contributed by atoms with Crippen molar-refractivity contribution in [3.8, 4) is 6.07 Å². The zero-order valence-corrected chi connectivity index (χ0v) is 18.8. The van der Waals surface area contributed by atoms with Crippen molar-refractivity contribution in [3.05, 3.63) is 47.5 Å². The molecule has 10 heteroatoms. The summed E-state index contributed by atoms with van der Waals surface area (Å²) < 4.78 is 7.52. The van der Waals surface area contributed by atoms with Gasteiger partial charge in [0.15, 0.2) is 6.10 Å². The minimum Gasteiger partial charge on any atom is -0.365 e. The van der Waals surface area contributed by atoms with Gasteiger partial charge in [0.25, 0.3) is 5.91 Å². The number of hydrogen-bond acceptors (Lipinski definition) is 7. The Morgan fingerprint density at radius 1 is 1.33 bits per heavy atom. The van der Waals surface area contributed by atoms with Gasteiger partial charge >= 0.3 is 0 Å². The first-order valence-corrected chi connectivity index (χ1v) is 10.8. The van der Waals surface area contributed by atoms with Gasteiger partial charge in [-0.3, -0.25) is 14.9 Å². The number of aryl methyl sites for hydroxylation is 2. The average Bonchev–Trinajstić information content (AvgIpc) is 3.19. The van der Waals surface area contributed by atoms with E-state index in [2.05, 4.69) is 21.4 Å². The van der Waals surface area contributed by atoms with E-state index in [0.717, 1.165) is 11.0 Å². The lowest BCUT2D eigenvalue weighted by Gasteiger charge is -2.31. The summed E-state index contributed by atoms with van der Waals surface area (Å²) in [5, 5.41) is 12.7. The van der Waals surface area contributed by atoms with Crippen molar-refractivity contribution >= 4 is 28.8 Å². The highest BCUT2D eigenvalue weighted by Crippen LogP contribution is 2.28. The number of amides is 2. The van der Waals surface area contributed by atoms with Crippen LogP contribution in [0, 0.1) is 18.3 Å². The number of aromatic nitrogens is 4. The second-order valence-corrected chi connectivity index (χ2v) is 7.84. The number of hydrogen-bond donors (Lipinski definition) is 1. The molecule has 2 amide bonds. The molecule has 2 atom stereocenters. The van der Waals surface area contributed by atoms with Crippen molar-refractivity contribution in [3.63, 3.8) is 0 Å². The first-order valence-electron chi connectivity index (χ1n) is 10.8. The zero-order valence-electron chi connectivity index (χ0n) is 18.8. The Hall–Kier alpha value is -3.84. The van der Waals surface area contributed by atoms with Gasteiger partial charge in [-0.05, 0) is 31.5 Å². The van der Waals surface area contributed by atoms with Crippen molar-refractivity contribution < 1.29 is 14.3 Å². The number of nitriles is 1. The Kier molecular flexibility index (Phi) is 6.33. The topological polar surface area (TPSA) is 126 Å². The molecule has 4 rings (SSSR count). The molecule has 170 valence electrons. The molecule has 2 aromatic heterocycles. The number of ether oxygens (including phenoxy) is 1. The maximum Gasteiger partial charge on any atom is 0.257 e. The fraction of sp³-hybridized carbons (Fsp3) is 0.391. The Bertz CT molecular complexity index is 1250. The number of para-hydroxylation sites is 2. The Morgan fingerprint density at radius 3 is 2.85 bits per heavy atom. The highest BCUT2D eigenvalue weighted by molar-refractivity contribution is 5.93. The van der Waals surface area contributed by atoms with Crippen LogP contribution >= 0.6 is 0 Å². The lowest BCUT2D eigenvalue weighted by atomic mass is 10.0. The molecule has 1 fully saturated rings. The van der Waals surface area contributed by atoms with Gasteiger partial charge in [-0.2, -0.15) is 5.26 Å². The number of rotatable bonds is 5. The Balaban J connectivity index is 1.62. The smallest absolute Gasteiger partial charge is 0.257 e. The predicted octanol–water partition coefficient (Wildman–Crippen LogP) is 2.00. The van der Waals surface area contributed by atoms with E-state index in [9.17, 15) is 14.9 Å². The summed E-state index contributed by atoms with van der Waals surface area (Å²) >= 11 is 0. The Labute approximate surface area is 191 Å². The van der Waals surface area contributed by atoms with E-state index < -0.39 is 17.9 Å². The number of morpholine rings is 1. The van der Waals surface area contributed by atoms with E-state index in [1.54, 1.807) is 11.1 Å². The van der Waals surface area contributed by atoms with Gasteiger partial charge in [-0.25, -0.2) is 15.0 Å². The molecule has 1 aliphatic rings. The third kappa shape index (κ3) is 4.40. The summed E-state index contributed by atoms with van der Waals surface area (Å²) in [5.41, 5.74) is 2.94. The van der Waals surface area contributed by atoms with Crippen molar-refractivity contribution in [1.29, 1.82) is 5.26 Å². The number of anilines is 1. The lowest BCUT2D eigenvalue weighted by Crippen LogP contribution is -2.49. The third-order valence-electron chi connectivity index (χ3n) is 5.71. The molecule has 0 bridgehead atoms. The van der Waals surface area contributed by atoms with Crippen LogP contribution in [0.4, 0.5) is 5.95 Å². The summed E-state index contributed by atoms with van der Waals surface area (Å²) in [7, 11) is 0. The van der Waals surface area contributed by atoms with Crippen LogP contribution in [0.3, 0.4) is 0 Å². The molecule has 1 saturated heterocycles. The van der Waals surface area contributed by atoms with Crippen LogP contribution in [0.15, 0.2) is 30.5 Å². The highest BCUT2D eigenvalue weighted by atomic mass is 16.5. The monoisotopic (exact) mass is 447 g/mol. The third-order valence-corrected chi connectivity index (χ3v) is 5.71. The highest BCUT2D eigenvalue weighted by Gasteiger charge is 2.29. The molecule has 3 aromatic rings. The number of imidazole rings is 1. The maximum absolute atomic E-state index is 12.7. The first kappa shape index (κ1) is 22.4. The molecule has 2 unspecified atom stereocenters. The number of carbonyl (C=O) groups excluding carboxylic acids is 2. The van der Waals surface area contributed by atoms with E-state index in [4.69, 9.17) is 9.72 Å². The van der Waals surface area contributed by atoms with Crippen LogP contribution in [0.25, 0.3) is 11.0 Å². The fourth-order valence-electron chi connectivity index (χ4n) is 3.98. The number of nitrogens with zero attached hydrogens (tertiary/aromatic N) is 6. The molecule has 3 heterocycles. The summed E-state index contributed by atoms with van der Waals surface area (Å²) in [6.45, 7) is 6.82. The van der Waals surface area contributed by atoms with E-state index >= 15 is 0 Å². The number of carbonyl (C=O) groups is 2. The molecule has 10 nitrogen and oxygen atoms in total. The second-order valence-electron chi connectivity index (χ2n) is 7.84. The van der Waals surface area contributed by atoms with Gasteiger partial charge in [0.05, 0.1) is 35.9 Å². The minimum absolute atomic E-state index is 0.0727. The normalized spacial score (nSPS) is 16.9. The first-order chi connectivity index (χ1) is 15.9. The van der Waals surface area contributed by atoms with Gasteiger partial charge in [0.1, 0.15) is 11.7 Å². The molecular weight excluding hydrogens is 422 g/mol. The quantitative estimate of drug-likeness (QED) is 0.634. The summed E-state index contributed by atoms with van der Waals surface area (Å²) in [6, 6.07) is 10.0. The van der Waals surface area contributed by atoms with Crippen molar-refractivity contribution in [2.45, 2.75) is 39.3 Å². The largest absolute Gasteiger partial charge is 0.365 e. The van der Waals surface area contributed by atoms with E-state index in [1.807, 2.05) is 42.7 Å². The van der Waals surface area contributed by atoms with Crippen LogP contribution < -0.4 is 5.32 Å². The maximum atomic E-state index is 12.7. The van der Waals surface area contributed by atoms with Crippen LogP contribution in [0.1, 0.15) is 36.8 Å². The SMILES string of the molecule is CCn1c(C(C#N)c2nc(NC(=O)C3CN(C(C)=O)CCO3)ncc2C)nc2ccccc21. The van der Waals surface area contributed by atoms with Gasteiger partial charge in [-0.15, -0.1) is 0 Å². The number of fused-ring (bicyclic) bond motifs is 1. The zero-order chi connectivity index (χ0) is 23.5. The summed E-state index contributed by atoms with van der Waals surface area (Å²) in [6.07, 6.45) is 0.761. The fourth-order valence-corrected chi connectivity index (χ4v) is 3.98. The van der Waals surface area contributed by atoms with Crippen molar-refractivity contribution in [2.24, 2.45) is 0 Å². The molecule has 0 saturated carbocycles. The average molecular weight is 447 g/mol. The molecule has 1 aromatic carbocycles. The number of benzene rings is 1. The van der Waals surface area contributed by atoms with Crippen LogP contribution in [-0.2, 0) is 20.9 Å². The van der Waals surface area contributed by atoms with Crippen molar-refractivity contribution in [1.82, 2.24) is 24.4 Å². The van der Waals surface area contributed by atoms with Gasteiger partial charge in [-0.1, -0.05) is 12.1 Å². The molecule has 1 aliphatic heterocycles. The van der Waals surface area contributed by atoms with Gasteiger partial charge < -0.3 is 14.2 Å². The van der Waals surface area contributed by atoms with Crippen LogP contribution in [-0.4, -0.2) is 62.0 Å². The Morgan fingerprint density at radius 2 is 2.12 bits per heavy atom. The van der Waals surface area contributed by atoms with Crippen molar-refractivity contribution in [2.75, 3.05) is 25.0 Å². The van der Waals surface area contributed by atoms with E-state index in [0.29, 0.717) is 30.2 Å². The minimum atomic E-state index is -0.813. The van der Waals surface area contributed by atoms with Gasteiger partial charge in [0, 0.05) is 26.2 Å². The van der Waals surface area contributed by atoms with E-state index in [-0.39, 0.29) is 25.0 Å². The van der Waals surface area contributed by atoms with E-state index in [1.165, 1.54) is 6.92 Å². The molecular formula is C23H25N7O3. The molecule has 0 spiro atoms. The lowest BCUT2D eigenvalue weighted by molar-refractivity contribution is -0.143. The summed E-state index contributed by atoms with van der Waals surface area (Å²) in [4.78, 5) is 39.3. The molecule has 0 radical (unpaired) electrons. The van der Waals surface area contributed by atoms with Gasteiger partial charge in [0.2, 0.25) is 11.9 Å². The molecule has 33 heavy (non-hydrogen) atoms. The predicted molar refractivity (Wildman–Crippen MR) is 120 cm³/mol. The second kappa shape index (κ2) is 9.34. The van der Waals surface area contributed by atoms with Crippen LogP contribution in [0.5, 0.6) is 0 Å². The van der Waals surface area contributed by atoms with Crippen LogP contribution in [0.2, 0.25) is 0 Å². The standard InChI is InChI=1S/C23H25N7O3/c1-4-30-18-8-6-5-7-17(18)26-21(30)16(11-24)20-14(2)12-25-23(27-20)28-22(32)19-13-29(15(3)31)9-10-33-19/h5-8,12,16,19H,4,9-10,13H2,1-3H3,(H,25,27,28,32).